The smallest absolute Gasteiger partial charge is 0.223 e. The van der Waals surface area contributed by atoms with Crippen molar-refractivity contribution in [3.8, 4) is 0 Å². The van der Waals surface area contributed by atoms with Gasteiger partial charge in [0.25, 0.3) is 0 Å². The Morgan fingerprint density at radius 1 is 0.791 bits per heavy atom. The van der Waals surface area contributed by atoms with Crippen LogP contribution in [0.15, 0.2) is 97.2 Å². The van der Waals surface area contributed by atoms with Gasteiger partial charge in [-0.3, -0.25) is 9.78 Å². The summed E-state index contributed by atoms with van der Waals surface area (Å²) in [5.74, 6) is 0.278. The molecule has 1 aliphatic heterocycles. The summed E-state index contributed by atoms with van der Waals surface area (Å²) in [6.07, 6.45) is 10.8. The topological polar surface area (TPSA) is 65.5 Å². The molecule has 4 aromatic rings. The predicted octanol–water partition coefficient (Wildman–Crippen LogP) is 6.77. The number of fused-ring (bicyclic) bond motifs is 1. The van der Waals surface area contributed by atoms with Crippen molar-refractivity contribution < 1.29 is 9.90 Å². The number of carbonyl (C=O) groups is 1. The minimum atomic E-state index is -0.364. The van der Waals surface area contributed by atoms with Crippen molar-refractivity contribution in [2.45, 2.75) is 76.4 Å². The number of amides is 1. The molecule has 1 aromatic heterocycles. The normalized spacial score (nSPS) is 15.1. The molecule has 2 N–H and O–H groups in total. The van der Waals surface area contributed by atoms with Crippen LogP contribution in [-0.2, 0) is 24.1 Å². The molecule has 1 atom stereocenters. The van der Waals surface area contributed by atoms with Crippen molar-refractivity contribution in [3.63, 3.8) is 0 Å². The van der Waals surface area contributed by atoms with E-state index in [1.54, 1.807) is 0 Å². The van der Waals surface area contributed by atoms with Gasteiger partial charge in [-0.2, -0.15) is 0 Å². The Labute approximate surface area is 257 Å². The van der Waals surface area contributed by atoms with E-state index < -0.39 is 0 Å². The fourth-order valence-electron chi connectivity index (χ4n) is 6.48. The molecule has 0 unspecified atom stereocenters. The first-order valence-electron chi connectivity index (χ1n) is 16.3. The van der Waals surface area contributed by atoms with E-state index in [0.29, 0.717) is 6.54 Å². The number of aliphatic hydroxyl groups is 1. The number of benzene rings is 3. The van der Waals surface area contributed by atoms with Crippen molar-refractivity contribution in [2.75, 3.05) is 19.6 Å². The van der Waals surface area contributed by atoms with Crippen LogP contribution in [0.4, 0.5) is 0 Å². The number of piperidine rings is 1. The van der Waals surface area contributed by atoms with E-state index in [0.717, 1.165) is 82.8 Å². The number of aryl methyl sites for hydroxylation is 3. The van der Waals surface area contributed by atoms with E-state index in [2.05, 4.69) is 88.0 Å². The number of likely N-dealkylation sites (tertiary alicyclic amines) is 1. The van der Waals surface area contributed by atoms with Gasteiger partial charge in [0.2, 0.25) is 5.91 Å². The summed E-state index contributed by atoms with van der Waals surface area (Å²) >= 11 is 0. The molecule has 1 fully saturated rings. The fourth-order valence-corrected chi connectivity index (χ4v) is 6.48. The Morgan fingerprint density at radius 3 is 2.09 bits per heavy atom. The van der Waals surface area contributed by atoms with Crippen molar-refractivity contribution in [1.82, 2.24) is 15.2 Å². The second-order valence-corrected chi connectivity index (χ2v) is 12.2. The summed E-state index contributed by atoms with van der Waals surface area (Å²) < 4.78 is 0. The summed E-state index contributed by atoms with van der Waals surface area (Å²) in [7, 11) is 0. The van der Waals surface area contributed by atoms with Gasteiger partial charge >= 0.3 is 0 Å². The van der Waals surface area contributed by atoms with Gasteiger partial charge in [-0.15, -0.1) is 0 Å². The third-order valence-corrected chi connectivity index (χ3v) is 8.98. The first kappa shape index (κ1) is 30.9. The van der Waals surface area contributed by atoms with E-state index >= 15 is 0 Å². The molecule has 5 nitrogen and oxygen atoms in total. The lowest BCUT2D eigenvalue weighted by atomic mass is 9.92. The number of nitrogens with zero attached hydrogens (tertiary/aromatic N) is 2. The van der Waals surface area contributed by atoms with Crippen LogP contribution < -0.4 is 5.32 Å². The molecular weight excluding hydrogens is 530 g/mol. The fraction of sp³-hybridized carbons (Fsp3) is 0.421. The maximum atomic E-state index is 13.5. The standard InChI is InChI=1S/C38H47N3O2/c42-35(23-22-32-17-9-21-37-36(32)20-10-26-39-37)29-41-27-24-34(25-28-41)40-38(43)33(18-7-15-30-11-3-1-4-12-30)19-8-16-31-13-5-2-6-14-31/h1-6,9-14,17,20-21,26,33-35,42H,7-8,15-16,18-19,22-25,27-29H2,(H,40,43)/t35-/m1/s1. The monoisotopic (exact) mass is 577 g/mol. The highest BCUT2D eigenvalue weighted by atomic mass is 16.3. The van der Waals surface area contributed by atoms with Gasteiger partial charge in [0.05, 0.1) is 11.6 Å². The van der Waals surface area contributed by atoms with E-state index in [4.69, 9.17) is 0 Å². The second-order valence-electron chi connectivity index (χ2n) is 12.2. The number of hydrogen-bond acceptors (Lipinski definition) is 4. The van der Waals surface area contributed by atoms with Crippen LogP contribution in [-0.4, -0.2) is 52.7 Å². The molecule has 1 saturated heterocycles. The van der Waals surface area contributed by atoms with Crippen LogP contribution in [0.3, 0.4) is 0 Å². The van der Waals surface area contributed by atoms with Crippen LogP contribution >= 0.6 is 0 Å². The molecule has 0 spiro atoms. The first-order valence-corrected chi connectivity index (χ1v) is 16.3. The molecule has 5 heteroatoms. The maximum absolute atomic E-state index is 13.5. The Kier molecular flexibility index (Phi) is 11.7. The molecule has 1 aliphatic rings. The highest BCUT2D eigenvalue weighted by molar-refractivity contribution is 5.82. The number of nitrogens with one attached hydrogen (secondary N) is 1. The van der Waals surface area contributed by atoms with Crippen LogP contribution in [0, 0.1) is 5.92 Å². The molecule has 0 bridgehead atoms. The second kappa shape index (κ2) is 16.3. The number of pyridine rings is 1. The Balaban J connectivity index is 1.06. The van der Waals surface area contributed by atoms with Crippen LogP contribution in [0.2, 0.25) is 0 Å². The average molecular weight is 578 g/mol. The Morgan fingerprint density at radius 2 is 1.44 bits per heavy atom. The molecule has 43 heavy (non-hydrogen) atoms. The van der Waals surface area contributed by atoms with Gasteiger partial charge in [0.15, 0.2) is 0 Å². The van der Waals surface area contributed by atoms with Crippen LogP contribution in [0.25, 0.3) is 10.9 Å². The summed E-state index contributed by atoms with van der Waals surface area (Å²) in [5.41, 5.74) is 4.94. The number of rotatable bonds is 15. The molecule has 5 rings (SSSR count). The lowest BCUT2D eigenvalue weighted by Gasteiger charge is -2.34. The zero-order valence-corrected chi connectivity index (χ0v) is 25.4. The van der Waals surface area contributed by atoms with Crippen molar-refractivity contribution in [1.29, 1.82) is 0 Å². The molecule has 0 radical (unpaired) electrons. The number of carbonyl (C=O) groups excluding carboxylic acids is 1. The minimum absolute atomic E-state index is 0.0524. The lowest BCUT2D eigenvalue weighted by Crippen LogP contribution is -2.47. The number of aromatic nitrogens is 1. The predicted molar refractivity (Wildman–Crippen MR) is 176 cm³/mol. The van der Waals surface area contributed by atoms with Crippen molar-refractivity contribution in [2.24, 2.45) is 5.92 Å². The first-order chi connectivity index (χ1) is 21.1. The molecule has 226 valence electrons. The van der Waals surface area contributed by atoms with Gasteiger partial charge in [0, 0.05) is 43.2 Å². The highest BCUT2D eigenvalue weighted by Gasteiger charge is 2.25. The van der Waals surface area contributed by atoms with Crippen LogP contribution in [0.5, 0.6) is 0 Å². The summed E-state index contributed by atoms with van der Waals surface area (Å²) in [6.45, 7) is 2.50. The SMILES string of the molecule is O=C(NC1CCN(C[C@H](O)CCc2cccc3ncccc23)CC1)C(CCCc1ccccc1)CCCc1ccccc1. The molecule has 1 amide bonds. The molecule has 0 saturated carbocycles. The zero-order chi connectivity index (χ0) is 29.7. The summed E-state index contributed by atoms with van der Waals surface area (Å²) in [4.78, 5) is 20.3. The van der Waals surface area contributed by atoms with E-state index in [1.807, 2.05) is 24.4 Å². The number of β-amino-alcohol motifs (C(OH)–C–C–N with tert-alkyl or cyclic N) is 1. The highest BCUT2D eigenvalue weighted by Crippen LogP contribution is 2.21. The maximum Gasteiger partial charge on any atom is 0.223 e. The number of aliphatic hydroxyl groups excluding tert-OH is 1. The molecule has 2 heterocycles. The third kappa shape index (κ3) is 9.74. The molecule has 0 aliphatic carbocycles. The zero-order valence-electron chi connectivity index (χ0n) is 25.4. The van der Waals surface area contributed by atoms with Gasteiger partial charge in [-0.25, -0.2) is 0 Å². The summed E-state index contributed by atoms with van der Waals surface area (Å²) in [5, 5.41) is 15.4. The van der Waals surface area contributed by atoms with Crippen molar-refractivity contribution >= 4 is 16.8 Å². The largest absolute Gasteiger partial charge is 0.392 e. The van der Waals surface area contributed by atoms with E-state index in [1.165, 1.54) is 22.1 Å². The van der Waals surface area contributed by atoms with Gasteiger partial charge in [-0.1, -0.05) is 78.9 Å². The Bertz CT molecular complexity index is 1340. The van der Waals surface area contributed by atoms with Gasteiger partial charge < -0.3 is 15.3 Å². The molecular formula is C38H47N3O2. The summed E-state index contributed by atoms with van der Waals surface area (Å²) in [6, 6.07) is 31.7. The van der Waals surface area contributed by atoms with Gasteiger partial charge in [-0.05, 0) is 93.0 Å². The minimum Gasteiger partial charge on any atom is -0.392 e. The van der Waals surface area contributed by atoms with E-state index in [9.17, 15) is 9.90 Å². The molecule has 3 aromatic carbocycles. The third-order valence-electron chi connectivity index (χ3n) is 8.98. The van der Waals surface area contributed by atoms with E-state index in [-0.39, 0.29) is 24.0 Å². The van der Waals surface area contributed by atoms with Crippen LogP contribution in [0.1, 0.15) is 61.6 Å². The quantitative estimate of drug-likeness (QED) is 0.164. The lowest BCUT2D eigenvalue weighted by molar-refractivity contribution is -0.126. The average Bonchev–Trinajstić information content (AvgIpc) is 3.05. The number of hydrogen-bond donors (Lipinski definition) is 2. The Hall–Kier alpha value is -3.54. The van der Waals surface area contributed by atoms with Gasteiger partial charge in [0.1, 0.15) is 0 Å². The van der Waals surface area contributed by atoms with Crippen molar-refractivity contribution in [3.05, 3.63) is 114 Å².